The number of aromatic nitrogens is 1. The van der Waals surface area contributed by atoms with Gasteiger partial charge in [0.25, 0.3) is 0 Å². The van der Waals surface area contributed by atoms with E-state index < -0.39 is 0 Å². The first kappa shape index (κ1) is 10.8. The highest BCUT2D eigenvalue weighted by Gasteiger charge is 2.03. The molecule has 1 heterocycles. The third-order valence-corrected chi connectivity index (χ3v) is 1.81. The lowest BCUT2D eigenvalue weighted by atomic mass is 10.2. The highest BCUT2D eigenvalue weighted by atomic mass is 32.1. The SMILES string of the molecule is COC(=O)c1ccc(C=CCS)nc1. The number of ether oxygens (including phenoxy) is 1. The molecule has 0 aliphatic rings. The van der Waals surface area contributed by atoms with Gasteiger partial charge in [-0.2, -0.15) is 12.6 Å². The molecule has 0 radical (unpaired) electrons. The minimum absolute atomic E-state index is 0.373. The van der Waals surface area contributed by atoms with E-state index in [4.69, 9.17) is 0 Å². The standard InChI is InChI=1S/C10H11NO2S/c1-13-10(12)8-4-5-9(11-7-8)3-2-6-14/h2-5,7,14H,6H2,1H3. The van der Waals surface area contributed by atoms with E-state index in [-0.39, 0.29) is 5.97 Å². The summed E-state index contributed by atoms with van der Waals surface area (Å²) < 4.78 is 4.55. The Morgan fingerprint density at radius 3 is 2.93 bits per heavy atom. The largest absolute Gasteiger partial charge is 0.465 e. The first-order valence-corrected chi connectivity index (χ1v) is 4.73. The maximum atomic E-state index is 11.0. The van der Waals surface area contributed by atoms with Gasteiger partial charge in [-0.15, -0.1) is 0 Å². The molecular weight excluding hydrogens is 198 g/mol. The molecule has 0 spiro atoms. The van der Waals surface area contributed by atoms with E-state index in [0.29, 0.717) is 11.3 Å². The topological polar surface area (TPSA) is 39.2 Å². The monoisotopic (exact) mass is 209 g/mol. The van der Waals surface area contributed by atoms with Crippen molar-refractivity contribution in [1.82, 2.24) is 4.98 Å². The van der Waals surface area contributed by atoms with Crippen LogP contribution in [0.15, 0.2) is 24.4 Å². The predicted molar refractivity (Wildman–Crippen MR) is 58.5 cm³/mol. The quantitative estimate of drug-likeness (QED) is 0.609. The van der Waals surface area contributed by atoms with Gasteiger partial charge in [-0.25, -0.2) is 4.79 Å². The van der Waals surface area contributed by atoms with Crippen molar-refractivity contribution >= 4 is 24.7 Å². The van der Waals surface area contributed by atoms with Crippen molar-refractivity contribution in [3.05, 3.63) is 35.7 Å². The van der Waals surface area contributed by atoms with Crippen LogP contribution in [-0.4, -0.2) is 23.8 Å². The van der Waals surface area contributed by atoms with Crippen LogP contribution in [-0.2, 0) is 4.74 Å². The van der Waals surface area contributed by atoms with Gasteiger partial charge in [0.05, 0.1) is 18.4 Å². The Hall–Kier alpha value is -1.29. The van der Waals surface area contributed by atoms with Gasteiger partial charge < -0.3 is 4.74 Å². The Morgan fingerprint density at radius 2 is 2.43 bits per heavy atom. The van der Waals surface area contributed by atoms with Gasteiger partial charge in [-0.05, 0) is 18.2 Å². The first-order chi connectivity index (χ1) is 6.77. The average Bonchev–Trinajstić information content (AvgIpc) is 2.26. The molecule has 0 aliphatic carbocycles. The number of hydrogen-bond acceptors (Lipinski definition) is 4. The second-order valence-corrected chi connectivity index (χ2v) is 2.91. The zero-order valence-corrected chi connectivity index (χ0v) is 8.70. The lowest BCUT2D eigenvalue weighted by Gasteiger charge is -1.98. The number of nitrogens with zero attached hydrogens (tertiary/aromatic N) is 1. The van der Waals surface area contributed by atoms with Crippen molar-refractivity contribution < 1.29 is 9.53 Å². The van der Waals surface area contributed by atoms with Crippen molar-refractivity contribution in [2.24, 2.45) is 0 Å². The first-order valence-electron chi connectivity index (χ1n) is 4.09. The fourth-order valence-corrected chi connectivity index (χ4v) is 1.02. The molecule has 3 nitrogen and oxygen atoms in total. The Bertz CT molecular complexity index is 332. The molecule has 0 amide bonds. The highest BCUT2D eigenvalue weighted by molar-refractivity contribution is 7.80. The van der Waals surface area contributed by atoms with Crippen LogP contribution in [0.25, 0.3) is 6.08 Å². The number of methoxy groups -OCH3 is 1. The summed E-state index contributed by atoms with van der Waals surface area (Å²) >= 11 is 4.03. The lowest BCUT2D eigenvalue weighted by molar-refractivity contribution is 0.0600. The summed E-state index contributed by atoms with van der Waals surface area (Å²) in [6.07, 6.45) is 5.21. The van der Waals surface area contributed by atoms with Gasteiger partial charge in [-0.1, -0.05) is 6.08 Å². The molecule has 1 rings (SSSR count). The highest BCUT2D eigenvalue weighted by Crippen LogP contribution is 2.03. The van der Waals surface area contributed by atoms with Gasteiger partial charge in [-0.3, -0.25) is 4.98 Å². The number of esters is 1. The Balaban J connectivity index is 2.78. The zero-order valence-electron chi connectivity index (χ0n) is 7.80. The third kappa shape index (κ3) is 2.88. The molecule has 14 heavy (non-hydrogen) atoms. The van der Waals surface area contributed by atoms with Crippen LogP contribution >= 0.6 is 12.6 Å². The van der Waals surface area contributed by atoms with Gasteiger partial charge in [0.15, 0.2) is 0 Å². The fraction of sp³-hybridized carbons (Fsp3) is 0.200. The van der Waals surface area contributed by atoms with Crippen molar-refractivity contribution in [2.45, 2.75) is 0 Å². The maximum absolute atomic E-state index is 11.0. The van der Waals surface area contributed by atoms with Crippen molar-refractivity contribution in [2.75, 3.05) is 12.9 Å². The molecule has 0 saturated carbocycles. The van der Waals surface area contributed by atoms with Gasteiger partial charge in [0.1, 0.15) is 0 Å². The van der Waals surface area contributed by atoms with Gasteiger partial charge in [0, 0.05) is 11.9 Å². The zero-order chi connectivity index (χ0) is 10.4. The number of carbonyl (C=O) groups excluding carboxylic acids is 1. The molecule has 0 unspecified atom stereocenters. The van der Waals surface area contributed by atoms with Crippen LogP contribution in [0.4, 0.5) is 0 Å². The summed E-state index contributed by atoms with van der Waals surface area (Å²) in [6, 6.07) is 3.43. The molecule has 0 atom stereocenters. The molecule has 0 bridgehead atoms. The molecule has 0 aliphatic heterocycles. The summed E-state index contributed by atoms with van der Waals surface area (Å²) in [6.45, 7) is 0. The van der Waals surface area contributed by atoms with Crippen molar-refractivity contribution in [1.29, 1.82) is 0 Å². The van der Waals surface area contributed by atoms with E-state index in [1.807, 2.05) is 12.2 Å². The molecular formula is C10H11NO2S. The summed E-state index contributed by atoms with van der Waals surface area (Å²) in [7, 11) is 1.34. The van der Waals surface area contributed by atoms with E-state index >= 15 is 0 Å². The lowest BCUT2D eigenvalue weighted by Crippen LogP contribution is -2.01. The smallest absolute Gasteiger partial charge is 0.339 e. The molecule has 1 aromatic rings. The van der Waals surface area contributed by atoms with Crippen LogP contribution in [0.1, 0.15) is 16.1 Å². The summed E-state index contributed by atoms with van der Waals surface area (Å²) in [5.74, 6) is 0.294. The number of carbonyl (C=O) groups is 1. The summed E-state index contributed by atoms with van der Waals surface area (Å²) in [4.78, 5) is 15.1. The van der Waals surface area contributed by atoms with Gasteiger partial charge >= 0.3 is 5.97 Å². The van der Waals surface area contributed by atoms with Crippen LogP contribution < -0.4 is 0 Å². The van der Waals surface area contributed by atoms with E-state index in [0.717, 1.165) is 5.69 Å². The molecule has 0 fully saturated rings. The minimum Gasteiger partial charge on any atom is -0.465 e. The van der Waals surface area contributed by atoms with Crippen LogP contribution in [0, 0.1) is 0 Å². The summed E-state index contributed by atoms with van der Waals surface area (Å²) in [5.41, 5.74) is 1.25. The predicted octanol–water partition coefficient (Wildman–Crippen LogP) is 1.81. The molecule has 0 saturated heterocycles. The third-order valence-electron chi connectivity index (χ3n) is 1.60. The average molecular weight is 209 g/mol. The van der Waals surface area contributed by atoms with E-state index in [1.54, 1.807) is 12.1 Å². The Labute approximate surface area is 88.2 Å². The van der Waals surface area contributed by atoms with Gasteiger partial charge in [0.2, 0.25) is 0 Å². The number of pyridine rings is 1. The van der Waals surface area contributed by atoms with Crippen LogP contribution in [0.2, 0.25) is 0 Å². The van der Waals surface area contributed by atoms with Crippen molar-refractivity contribution in [3.63, 3.8) is 0 Å². The van der Waals surface area contributed by atoms with Crippen molar-refractivity contribution in [3.8, 4) is 0 Å². The molecule has 74 valence electrons. The second-order valence-electron chi connectivity index (χ2n) is 2.55. The number of rotatable bonds is 3. The van der Waals surface area contributed by atoms with Crippen LogP contribution in [0.3, 0.4) is 0 Å². The molecule has 0 N–H and O–H groups in total. The maximum Gasteiger partial charge on any atom is 0.339 e. The molecule has 0 aromatic carbocycles. The molecule has 4 heteroatoms. The number of hydrogen-bond donors (Lipinski definition) is 1. The van der Waals surface area contributed by atoms with E-state index in [2.05, 4.69) is 22.3 Å². The fourth-order valence-electron chi connectivity index (χ4n) is 0.916. The van der Waals surface area contributed by atoms with E-state index in [1.165, 1.54) is 13.3 Å². The van der Waals surface area contributed by atoms with E-state index in [9.17, 15) is 4.79 Å². The minimum atomic E-state index is -0.373. The Morgan fingerprint density at radius 1 is 1.64 bits per heavy atom. The normalized spacial score (nSPS) is 10.4. The second kappa shape index (κ2) is 5.44. The molecule has 1 aromatic heterocycles. The summed E-state index contributed by atoms with van der Waals surface area (Å²) in [5, 5.41) is 0. The Kier molecular flexibility index (Phi) is 4.19. The van der Waals surface area contributed by atoms with Crippen LogP contribution in [0.5, 0.6) is 0 Å². The number of thiol groups is 1.